The fraction of sp³-hybridized carbons (Fsp3) is 0.222. The largest absolute Gasteiger partial charge is 0.485 e. The SMILES string of the molecule is CCn1c(COc2c(C)cccc2C)nnc1SCC(=O)N1c2ccccc2Sc2ccccc21. The summed E-state index contributed by atoms with van der Waals surface area (Å²) in [5.41, 5.74) is 4.02. The summed E-state index contributed by atoms with van der Waals surface area (Å²) in [7, 11) is 0. The second-order valence-electron chi connectivity index (χ2n) is 8.21. The maximum absolute atomic E-state index is 13.5. The summed E-state index contributed by atoms with van der Waals surface area (Å²) in [6, 6.07) is 22.1. The number of carbonyl (C=O) groups is 1. The lowest BCUT2D eigenvalue weighted by molar-refractivity contribution is -0.115. The van der Waals surface area contributed by atoms with Gasteiger partial charge in [0.15, 0.2) is 11.0 Å². The Morgan fingerprint density at radius 2 is 1.54 bits per heavy atom. The van der Waals surface area contributed by atoms with E-state index in [9.17, 15) is 4.79 Å². The summed E-state index contributed by atoms with van der Waals surface area (Å²) < 4.78 is 8.11. The molecule has 2 heterocycles. The molecule has 0 unspecified atom stereocenters. The van der Waals surface area contributed by atoms with Crippen LogP contribution in [0.4, 0.5) is 11.4 Å². The van der Waals surface area contributed by atoms with Crippen LogP contribution in [0, 0.1) is 13.8 Å². The van der Waals surface area contributed by atoms with Gasteiger partial charge >= 0.3 is 0 Å². The summed E-state index contributed by atoms with van der Waals surface area (Å²) in [4.78, 5) is 17.5. The number of hydrogen-bond donors (Lipinski definition) is 0. The Kier molecular flexibility index (Phi) is 6.83. The van der Waals surface area contributed by atoms with Gasteiger partial charge in [0.1, 0.15) is 12.4 Å². The van der Waals surface area contributed by atoms with Crippen LogP contribution in [0.5, 0.6) is 5.75 Å². The number of aromatic nitrogens is 3. The molecule has 0 fully saturated rings. The van der Waals surface area contributed by atoms with E-state index in [2.05, 4.69) is 22.3 Å². The lowest BCUT2D eigenvalue weighted by Gasteiger charge is -2.30. The van der Waals surface area contributed by atoms with Crippen LogP contribution < -0.4 is 9.64 Å². The molecule has 0 bridgehead atoms. The quantitative estimate of drug-likeness (QED) is 0.272. The minimum atomic E-state index is 0.00851. The molecule has 0 saturated heterocycles. The fourth-order valence-corrected chi connectivity index (χ4v) is 6.11. The Bertz CT molecular complexity index is 1320. The summed E-state index contributed by atoms with van der Waals surface area (Å²) in [6.07, 6.45) is 0. The fourth-order valence-electron chi connectivity index (χ4n) is 4.18. The van der Waals surface area contributed by atoms with Crippen molar-refractivity contribution in [1.82, 2.24) is 14.8 Å². The number of anilines is 2. The third-order valence-corrected chi connectivity index (χ3v) is 7.95. The molecule has 0 spiro atoms. The highest BCUT2D eigenvalue weighted by molar-refractivity contribution is 8.00. The maximum Gasteiger partial charge on any atom is 0.242 e. The monoisotopic (exact) mass is 502 g/mol. The van der Waals surface area contributed by atoms with Gasteiger partial charge < -0.3 is 9.30 Å². The maximum atomic E-state index is 13.5. The second kappa shape index (κ2) is 10.2. The summed E-state index contributed by atoms with van der Waals surface area (Å²) in [5, 5.41) is 9.45. The van der Waals surface area contributed by atoms with E-state index in [-0.39, 0.29) is 11.7 Å². The van der Waals surface area contributed by atoms with Crippen LogP contribution in [0.2, 0.25) is 0 Å². The Morgan fingerprint density at radius 3 is 2.17 bits per heavy atom. The number of nitrogens with zero attached hydrogens (tertiary/aromatic N) is 4. The smallest absolute Gasteiger partial charge is 0.242 e. The normalized spacial score (nSPS) is 12.3. The van der Waals surface area contributed by atoms with E-state index in [1.807, 2.05) is 84.8 Å². The molecule has 0 aliphatic carbocycles. The molecule has 1 amide bonds. The number of carbonyl (C=O) groups excluding carboxylic acids is 1. The van der Waals surface area contributed by atoms with E-state index in [1.54, 1.807) is 11.8 Å². The number of amides is 1. The van der Waals surface area contributed by atoms with Gasteiger partial charge in [0.25, 0.3) is 0 Å². The Morgan fingerprint density at radius 1 is 0.914 bits per heavy atom. The van der Waals surface area contributed by atoms with Crippen LogP contribution >= 0.6 is 23.5 Å². The summed E-state index contributed by atoms with van der Waals surface area (Å²) in [5.74, 6) is 1.88. The lowest BCUT2D eigenvalue weighted by atomic mass is 10.1. The zero-order valence-electron chi connectivity index (χ0n) is 19.9. The van der Waals surface area contributed by atoms with Crippen LogP contribution in [0.15, 0.2) is 81.7 Å². The van der Waals surface area contributed by atoms with Crippen LogP contribution in [-0.4, -0.2) is 26.4 Å². The van der Waals surface area contributed by atoms with E-state index in [4.69, 9.17) is 4.74 Å². The molecule has 8 heteroatoms. The molecule has 6 nitrogen and oxygen atoms in total. The van der Waals surface area contributed by atoms with Crippen molar-refractivity contribution >= 4 is 40.8 Å². The van der Waals surface area contributed by atoms with Crippen molar-refractivity contribution < 1.29 is 9.53 Å². The number of para-hydroxylation sites is 3. The van der Waals surface area contributed by atoms with Crippen molar-refractivity contribution in [2.45, 2.75) is 48.9 Å². The zero-order valence-corrected chi connectivity index (χ0v) is 21.5. The van der Waals surface area contributed by atoms with Gasteiger partial charge in [-0.25, -0.2) is 0 Å². The molecule has 0 atom stereocenters. The van der Waals surface area contributed by atoms with Crippen molar-refractivity contribution in [3.8, 4) is 5.75 Å². The highest BCUT2D eigenvalue weighted by Crippen LogP contribution is 2.48. The average molecular weight is 503 g/mol. The van der Waals surface area contributed by atoms with Crippen molar-refractivity contribution in [1.29, 1.82) is 0 Å². The van der Waals surface area contributed by atoms with Gasteiger partial charge in [0, 0.05) is 16.3 Å². The minimum Gasteiger partial charge on any atom is -0.485 e. The zero-order chi connectivity index (χ0) is 24.4. The Labute approximate surface area is 213 Å². The topological polar surface area (TPSA) is 60.2 Å². The van der Waals surface area contributed by atoms with Gasteiger partial charge in [-0.15, -0.1) is 10.2 Å². The first-order valence-corrected chi connectivity index (χ1v) is 13.3. The summed E-state index contributed by atoms with van der Waals surface area (Å²) in [6.45, 7) is 7.14. The molecule has 0 saturated carbocycles. The molecule has 4 aromatic rings. The first kappa shape index (κ1) is 23.5. The van der Waals surface area contributed by atoms with Crippen molar-refractivity contribution in [3.63, 3.8) is 0 Å². The van der Waals surface area contributed by atoms with E-state index in [0.717, 1.165) is 43.9 Å². The Balaban J connectivity index is 1.33. The van der Waals surface area contributed by atoms with Gasteiger partial charge in [0.2, 0.25) is 5.91 Å². The van der Waals surface area contributed by atoms with Crippen molar-refractivity contribution in [2.24, 2.45) is 0 Å². The molecule has 178 valence electrons. The molecule has 0 N–H and O–H groups in total. The van der Waals surface area contributed by atoms with Crippen molar-refractivity contribution in [3.05, 3.63) is 83.7 Å². The number of ether oxygens (including phenoxy) is 1. The summed E-state index contributed by atoms with van der Waals surface area (Å²) >= 11 is 3.10. The molecule has 35 heavy (non-hydrogen) atoms. The number of fused-ring (bicyclic) bond motifs is 2. The molecular formula is C27H26N4O2S2. The van der Waals surface area contributed by atoms with Crippen LogP contribution in [0.3, 0.4) is 0 Å². The van der Waals surface area contributed by atoms with Gasteiger partial charge in [-0.2, -0.15) is 0 Å². The minimum absolute atomic E-state index is 0.00851. The molecular weight excluding hydrogens is 476 g/mol. The predicted octanol–water partition coefficient (Wildman–Crippen LogP) is 6.42. The average Bonchev–Trinajstić information content (AvgIpc) is 3.27. The molecule has 5 rings (SSSR count). The number of aryl methyl sites for hydroxylation is 2. The molecule has 1 aromatic heterocycles. The first-order chi connectivity index (χ1) is 17.1. The number of thioether (sulfide) groups is 1. The van der Waals surface area contributed by atoms with E-state index < -0.39 is 0 Å². The molecule has 0 radical (unpaired) electrons. The highest BCUT2D eigenvalue weighted by Gasteiger charge is 2.28. The van der Waals surface area contributed by atoms with E-state index in [1.165, 1.54) is 11.8 Å². The van der Waals surface area contributed by atoms with Gasteiger partial charge in [-0.1, -0.05) is 66.0 Å². The molecule has 1 aliphatic rings. The van der Waals surface area contributed by atoms with Crippen molar-refractivity contribution in [2.75, 3.05) is 10.7 Å². The standard InChI is InChI=1S/C27H26N4O2S2/c1-4-30-24(16-33-26-18(2)10-9-11-19(26)3)28-29-27(30)34-17-25(32)31-20-12-5-7-14-22(20)35-23-15-8-6-13-21(23)31/h5-15H,4,16-17H2,1-3H3. The third kappa shape index (κ3) is 4.68. The predicted molar refractivity (Wildman–Crippen MR) is 141 cm³/mol. The first-order valence-electron chi connectivity index (χ1n) is 11.5. The van der Waals surface area contributed by atoms with Gasteiger partial charge in [-0.05, 0) is 56.2 Å². The highest BCUT2D eigenvalue weighted by atomic mass is 32.2. The van der Waals surface area contributed by atoms with Crippen LogP contribution in [0.1, 0.15) is 23.9 Å². The molecule has 1 aliphatic heterocycles. The number of hydrogen-bond acceptors (Lipinski definition) is 6. The van der Waals surface area contributed by atoms with Crippen LogP contribution in [0.25, 0.3) is 0 Å². The van der Waals surface area contributed by atoms with Gasteiger partial charge in [0.05, 0.1) is 17.1 Å². The van der Waals surface area contributed by atoms with Gasteiger partial charge in [-0.3, -0.25) is 9.69 Å². The van der Waals surface area contributed by atoms with E-state index in [0.29, 0.717) is 18.3 Å². The second-order valence-corrected chi connectivity index (χ2v) is 10.2. The van der Waals surface area contributed by atoms with Crippen LogP contribution in [-0.2, 0) is 17.9 Å². The third-order valence-electron chi connectivity index (χ3n) is 5.87. The number of benzene rings is 3. The van der Waals surface area contributed by atoms with E-state index >= 15 is 0 Å². The Hall–Kier alpha value is -3.23. The number of rotatable bonds is 7. The lowest BCUT2D eigenvalue weighted by Crippen LogP contribution is -2.30. The molecule has 3 aromatic carbocycles.